The van der Waals surface area contributed by atoms with Crippen molar-refractivity contribution >= 4 is 11.8 Å². The van der Waals surface area contributed by atoms with Crippen molar-refractivity contribution < 1.29 is 18.4 Å². The van der Waals surface area contributed by atoms with Crippen LogP contribution in [0.5, 0.6) is 0 Å². The predicted molar refractivity (Wildman–Crippen MR) is 66.2 cm³/mol. The van der Waals surface area contributed by atoms with Crippen molar-refractivity contribution in [1.29, 1.82) is 0 Å². The molecule has 19 heavy (non-hydrogen) atoms. The van der Waals surface area contributed by atoms with E-state index in [-0.39, 0.29) is 17.5 Å². The summed E-state index contributed by atoms with van der Waals surface area (Å²) in [5.41, 5.74) is 0.863. The number of carbonyl (C=O) groups excluding carboxylic acids is 2. The summed E-state index contributed by atoms with van der Waals surface area (Å²) in [7, 11) is 0. The van der Waals surface area contributed by atoms with Gasteiger partial charge in [-0.05, 0) is 25.5 Å². The maximum Gasteiger partial charge on any atom is 0.262 e. The first-order valence-corrected chi connectivity index (χ1v) is 5.83. The number of benzene rings is 1. The van der Waals surface area contributed by atoms with Crippen LogP contribution in [0, 0.1) is 0 Å². The lowest BCUT2D eigenvalue weighted by atomic mass is 10.1. The highest BCUT2D eigenvalue weighted by Crippen LogP contribution is 2.28. The van der Waals surface area contributed by atoms with E-state index in [1.807, 2.05) is 0 Å². The van der Waals surface area contributed by atoms with Crippen molar-refractivity contribution in [3.8, 4) is 0 Å². The Bertz CT molecular complexity index is 519. The third kappa shape index (κ3) is 2.28. The number of carbonyl (C=O) groups is 2. The number of fused-ring (bicyclic) bond motifs is 1. The average molecular weight is 265 g/mol. The standard InChI is InChI=1S/C14H13F2NO2/c1-8(2)7-11(12(15)16)17-13(18)9-5-3-4-6-10(9)14(17)19/h3-6,11-12H,1,7H2,2H3. The third-order valence-corrected chi connectivity index (χ3v) is 3.01. The molecule has 2 amide bonds. The summed E-state index contributed by atoms with van der Waals surface area (Å²) < 4.78 is 26.2. The fourth-order valence-corrected chi connectivity index (χ4v) is 2.16. The van der Waals surface area contributed by atoms with E-state index in [9.17, 15) is 18.4 Å². The van der Waals surface area contributed by atoms with Crippen LogP contribution in [-0.2, 0) is 0 Å². The summed E-state index contributed by atoms with van der Waals surface area (Å²) in [6.45, 7) is 5.16. The van der Waals surface area contributed by atoms with Gasteiger partial charge < -0.3 is 0 Å². The molecule has 1 atom stereocenters. The van der Waals surface area contributed by atoms with E-state index in [1.54, 1.807) is 19.1 Å². The second-order valence-electron chi connectivity index (χ2n) is 4.59. The molecule has 0 spiro atoms. The Morgan fingerprint density at radius 3 is 2.05 bits per heavy atom. The largest absolute Gasteiger partial charge is 0.269 e. The second-order valence-corrected chi connectivity index (χ2v) is 4.59. The minimum absolute atomic E-state index is 0.0941. The van der Waals surface area contributed by atoms with Crippen molar-refractivity contribution in [2.24, 2.45) is 0 Å². The van der Waals surface area contributed by atoms with Gasteiger partial charge in [0.1, 0.15) is 6.04 Å². The molecular weight excluding hydrogens is 252 g/mol. The van der Waals surface area contributed by atoms with Crippen LogP contribution < -0.4 is 0 Å². The number of nitrogens with zero attached hydrogens (tertiary/aromatic N) is 1. The summed E-state index contributed by atoms with van der Waals surface area (Å²) in [5.74, 6) is -1.32. The molecule has 1 aliphatic rings. The van der Waals surface area contributed by atoms with Gasteiger partial charge in [0.2, 0.25) is 0 Å². The molecule has 5 heteroatoms. The number of hydrogen-bond donors (Lipinski definition) is 0. The Hall–Kier alpha value is -2.04. The fourth-order valence-electron chi connectivity index (χ4n) is 2.16. The molecule has 1 aliphatic heterocycles. The minimum Gasteiger partial charge on any atom is -0.269 e. The Labute approximate surface area is 109 Å². The fraction of sp³-hybridized carbons (Fsp3) is 0.286. The molecule has 0 bridgehead atoms. The van der Waals surface area contributed by atoms with E-state index in [1.165, 1.54) is 12.1 Å². The Balaban J connectivity index is 2.39. The molecule has 0 aliphatic carbocycles. The van der Waals surface area contributed by atoms with E-state index in [2.05, 4.69) is 6.58 Å². The van der Waals surface area contributed by atoms with Gasteiger partial charge in [-0.15, -0.1) is 6.58 Å². The quantitative estimate of drug-likeness (QED) is 0.620. The van der Waals surface area contributed by atoms with E-state index in [0.717, 1.165) is 0 Å². The first-order chi connectivity index (χ1) is 8.93. The highest BCUT2D eigenvalue weighted by molar-refractivity contribution is 6.21. The van der Waals surface area contributed by atoms with Gasteiger partial charge in [-0.25, -0.2) is 8.78 Å². The Morgan fingerprint density at radius 1 is 1.21 bits per heavy atom. The molecule has 100 valence electrons. The number of rotatable bonds is 4. The SMILES string of the molecule is C=C(C)CC(C(F)F)N1C(=O)c2ccccc2C1=O. The molecule has 0 fully saturated rings. The molecular formula is C14H13F2NO2. The van der Waals surface area contributed by atoms with Gasteiger partial charge in [-0.1, -0.05) is 17.7 Å². The number of alkyl halides is 2. The maximum atomic E-state index is 13.1. The van der Waals surface area contributed by atoms with Crippen LogP contribution in [0.15, 0.2) is 36.4 Å². The molecule has 0 saturated heterocycles. The van der Waals surface area contributed by atoms with E-state index in [0.29, 0.717) is 10.5 Å². The van der Waals surface area contributed by atoms with Gasteiger partial charge in [0, 0.05) is 0 Å². The zero-order valence-corrected chi connectivity index (χ0v) is 10.4. The van der Waals surface area contributed by atoms with Crippen molar-refractivity contribution in [2.45, 2.75) is 25.8 Å². The molecule has 3 nitrogen and oxygen atoms in total. The van der Waals surface area contributed by atoms with Gasteiger partial charge in [-0.3, -0.25) is 14.5 Å². The summed E-state index contributed by atoms with van der Waals surface area (Å²) in [5, 5.41) is 0. The first kappa shape index (κ1) is 13.4. The van der Waals surface area contributed by atoms with E-state index in [4.69, 9.17) is 0 Å². The van der Waals surface area contributed by atoms with Crippen LogP contribution in [0.3, 0.4) is 0 Å². The molecule has 2 rings (SSSR count). The van der Waals surface area contributed by atoms with Crippen molar-refractivity contribution in [3.63, 3.8) is 0 Å². The molecule has 0 N–H and O–H groups in total. The van der Waals surface area contributed by atoms with Gasteiger partial charge in [0.25, 0.3) is 18.2 Å². The van der Waals surface area contributed by atoms with Crippen molar-refractivity contribution in [1.82, 2.24) is 4.90 Å². The second kappa shape index (κ2) is 4.91. The van der Waals surface area contributed by atoms with Crippen LogP contribution in [-0.4, -0.2) is 29.2 Å². The van der Waals surface area contributed by atoms with Crippen LogP contribution in [0.4, 0.5) is 8.78 Å². The van der Waals surface area contributed by atoms with E-state index < -0.39 is 24.3 Å². The van der Waals surface area contributed by atoms with Gasteiger partial charge in [0.15, 0.2) is 0 Å². The molecule has 1 heterocycles. The van der Waals surface area contributed by atoms with Crippen LogP contribution in [0.2, 0.25) is 0 Å². The third-order valence-electron chi connectivity index (χ3n) is 3.01. The molecule has 1 unspecified atom stereocenters. The highest BCUT2D eigenvalue weighted by atomic mass is 19.3. The molecule has 0 radical (unpaired) electrons. The monoisotopic (exact) mass is 265 g/mol. The summed E-state index contributed by atoms with van der Waals surface area (Å²) in [6.07, 6.45) is -2.89. The number of amides is 2. The van der Waals surface area contributed by atoms with E-state index >= 15 is 0 Å². The predicted octanol–water partition coefficient (Wildman–Crippen LogP) is 2.88. The molecule has 0 aromatic heterocycles. The lowest BCUT2D eigenvalue weighted by molar-refractivity contribution is 0.0230. The number of hydrogen-bond acceptors (Lipinski definition) is 2. The zero-order chi connectivity index (χ0) is 14.2. The normalized spacial score (nSPS) is 15.9. The topological polar surface area (TPSA) is 37.4 Å². The molecule has 1 aromatic carbocycles. The molecule has 0 saturated carbocycles. The Kier molecular flexibility index (Phi) is 3.46. The van der Waals surface area contributed by atoms with Gasteiger partial charge in [-0.2, -0.15) is 0 Å². The number of imide groups is 1. The highest BCUT2D eigenvalue weighted by Gasteiger charge is 2.42. The van der Waals surface area contributed by atoms with Crippen molar-refractivity contribution in [3.05, 3.63) is 47.5 Å². The zero-order valence-electron chi connectivity index (χ0n) is 10.4. The number of halogens is 2. The van der Waals surface area contributed by atoms with Crippen LogP contribution in [0.1, 0.15) is 34.1 Å². The lowest BCUT2D eigenvalue weighted by Gasteiger charge is -2.25. The van der Waals surface area contributed by atoms with Crippen molar-refractivity contribution in [2.75, 3.05) is 0 Å². The lowest BCUT2D eigenvalue weighted by Crippen LogP contribution is -2.44. The van der Waals surface area contributed by atoms with Gasteiger partial charge in [0.05, 0.1) is 11.1 Å². The summed E-state index contributed by atoms with van der Waals surface area (Å²) in [6, 6.07) is 4.69. The maximum absolute atomic E-state index is 13.1. The average Bonchev–Trinajstić information content (AvgIpc) is 2.60. The summed E-state index contributed by atoms with van der Waals surface area (Å²) in [4.78, 5) is 24.8. The minimum atomic E-state index is -2.79. The summed E-state index contributed by atoms with van der Waals surface area (Å²) >= 11 is 0. The first-order valence-electron chi connectivity index (χ1n) is 5.83. The van der Waals surface area contributed by atoms with Gasteiger partial charge >= 0.3 is 0 Å². The van der Waals surface area contributed by atoms with Crippen LogP contribution >= 0.6 is 0 Å². The molecule has 1 aromatic rings. The Morgan fingerprint density at radius 2 is 1.68 bits per heavy atom. The van der Waals surface area contributed by atoms with Crippen LogP contribution in [0.25, 0.3) is 0 Å². The smallest absolute Gasteiger partial charge is 0.262 e.